The molecule has 0 fully saturated rings. The van der Waals surface area contributed by atoms with Crippen molar-refractivity contribution in [2.45, 2.75) is 11.7 Å². The van der Waals surface area contributed by atoms with Crippen molar-refractivity contribution in [1.29, 1.82) is 0 Å². The number of rotatable bonds is 7. The van der Waals surface area contributed by atoms with Gasteiger partial charge in [-0.25, -0.2) is 0 Å². The zero-order chi connectivity index (χ0) is 16.8. The molecule has 3 aromatic rings. The van der Waals surface area contributed by atoms with Gasteiger partial charge in [-0.3, -0.25) is 15.0 Å². The van der Waals surface area contributed by atoms with Crippen molar-refractivity contribution in [3.8, 4) is 17.3 Å². The van der Waals surface area contributed by atoms with Crippen LogP contribution in [0, 0.1) is 0 Å². The van der Waals surface area contributed by atoms with Gasteiger partial charge < -0.3 is 10.1 Å². The molecule has 0 radical (unpaired) electrons. The van der Waals surface area contributed by atoms with Gasteiger partial charge in [-0.2, -0.15) is 10.1 Å². The van der Waals surface area contributed by atoms with Gasteiger partial charge in [0.25, 0.3) is 0 Å². The van der Waals surface area contributed by atoms with E-state index in [1.54, 1.807) is 19.4 Å². The van der Waals surface area contributed by atoms with E-state index >= 15 is 0 Å². The van der Waals surface area contributed by atoms with Crippen LogP contribution in [0.25, 0.3) is 11.5 Å². The first-order chi connectivity index (χ1) is 11.8. The Bertz CT molecular complexity index is 802. The molecule has 8 nitrogen and oxygen atoms in total. The second-order valence-electron chi connectivity index (χ2n) is 4.81. The molecule has 124 valence electrons. The molecule has 3 rings (SSSR count). The molecule has 0 unspecified atom stereocenters. The highest BCUT2D eigenvalue weighted by molar-refractivity contribution is 7.99. The number of carbonyl (C=O) groups is 1. The van der Waals surface area contributed by atoms with Crippen molar-refractivity contribution in [3.63, 3.8) is 0 Å². The summed E-state index contributed by atoms with van der Waals surface area (Å²) in [5.74, 6) is 1.47. The number of amides is 1. The molecule has 24 heavy (non-hydrogen) atoms. The van der Waals surface area contributed by atoms with Crippen LogP contribution < -0.4 is 10.1 Å². The highest BCUT2D eigenvalue weighted by Crippen LogP contribution is 2.18. The lowest BCUT2D eigenvalue weighted by atomic mass is 10.2. The molecule has 9 heteroatoms. The smallest absolute Gasteiger partial charge is 0.230 e. The summed E-state index contributed by atoms with van der Waals surface area (Å²) in [6, 6.07) is 9.36. The number of benzene rings is 1. The minimum atomic E-state index is -0.0983. The number of nitrogens with zero attached hydrogens (tertiary/aromatic N) is 3. The molecule has 0 saturated carbocycles. The van der Waals surface area contributed by atoms with Crippen LogP contribution in [0.15, 0.2) is 41.7 Å². The van der Waals surface area contributed by atoms with E-state index in [1.807, 2.05) is 24.3 Å². The largest absolute Gasteiger partial charge is 0.496 e. The lowest BCUT2D eigenvalue weighted by Crippen LogP contribution is -2.24. The number of carbonyl (C=O) groups excluding carboxylic acids is 1. The van der Waals surface area contributed by atoms with Crippen LogP contribution in [-0.4, -0.2) is 44.1 Å². The zero-order valence-corrected chi connectivity index (χ0v) is 13.8. The van der Waals surface area contributed by atoms with Gasteiger partial charge in [-0.1, -0.05) is 30.0 Å². The van der Waals surface area contributed by atoms with Crippen LogP contribution in [-0.2, 0) is 11.3 Å². The Labute approximate surface area is 142 Å². The SMILES string of the molecule is COc1ccccc1CNC(=O)CSc1n[nH]c(-c2ccn[nH]2)n1. The highest BCUT2D eigenvalue weighted by atomic mass is 32.2. The molecule has 0 aliphatic rings. The predicted octanol–water partition coefficient (Wildman–Crippen LogP) is 1.61. The average molecular weight is 344 g/mol. The van der Waals surface area contributed by atoms with E-state index in [2.05, 4.69) is 30.7 Å². The minimum absolute atomic E-state index is 0.0983. The summed E-state index contributed by atoms with van der Waals surface area (Å²) in [6.45, 7) is 0.413. The standard InChI is InChI=1S/C15H16N6O2S/c1-23-12-5-3-2-4-10(12)8-16-13(22)9-24-15-18-14(20-21-15)11-6-7-17-19-11/h2-7H,8-9H2,1H3,(H,16,22)(H,17,19)(H,18,20,21). The number of H-pyrrole nitrogens is 2. The third-order valence-corrected chi connectivity index (χ3v) is 4.07. The number of hydrogen-bond donors (Lipinski definition) is 3. The molecule has 2 aromatic heterocycles. The monoisotopic (exact) mass is 344 g/mol. The zero-order valence-electron chi connectivity index (χ0n) is 12.9. The molecule has 1 amide bonds. The van der Waals surface area contributed by atoms with E-state index in [1.165, 1.54) is 11.8 Å². The molecule has 3 N–H and O–H groups in total. The Balaban J connectivity index is 1.49. The summed E-state index contributed by atoms with van der Waals surface area (Å²) in [7, 11) is 1.61. The van der Waals surface area contributed by atoms with Gasteiger partial charge in [0.05, 0.1) is 12.9 Å². The molecule has 2 heterocycles. The van der Waals surface area contributed by atoms with Gasteiger partial charge in [0.15, 0.2) is 5.82 Å². The Morgan fingerprint density at radius 3 is 2.96 bits per heavy atom. The van der Waals surface area contributed by atoms with Crippen LogP contribution >= 0.6 is 11.8 Å². The fraction of sp³-hybridized carbons (Fsp3) is 0.200. The van der Waals surface area contributed by atoms with Gasteiger partial charge in [-0.05, 0) is 12.1 Å². The highest BCUT2D eigenvalue weighted by Gasteiger charge is 2.10. The number of hydrogen-bond acceptors (Lipinski definition) is 6. The van der Waals surface area contributed by atoms with Crippen molar-refractivity contribution in [2.75, 3.05) is 12.9 Å². The van der Waals surface area contributed by atoms with Gasteiger partial charge in [0, 0.05) is 18.3 Å². The van der Waals surface area contributed by atoms with Crippen LogP contribution in [0.3, 0.4) is 0 Å². The third-order valence-electron chi connectivity index (χ3n) is 3.22. The molecule has 0 aliphatic heterocycles. The molecule has 0 atom stereocenters. The number of methoxy groups -OCH3 is 1. The van der Waals surface area contributed by atoms with E-state index < -0.39 is 0 Å². The Hall–Kier alpha value is -2.81. The van der Waals surface area contributed by atoms with E-state index in [-0.39, 0.29) is 11.7 Å². The Morgan fingerprint density at radius 2 is 2.17 bits per heavy atom. The van der Waals surface area contributed by atoms with Crippen molar-refractivity contribution in [1.82, 2.24) is 30.7 Å². The number of aromatic amines is 2. The van der Waals surface area contributed by atoms with Crippen LogP contribution in [0.2, 0.25) is 0 Å². The maximum atomic E-state index is 12.0. The second-order valence-corrected chi connectivity index (χ2v) is 5.76. The average Bonchev–Trinajstić information content (AvgIpc) is 3.29. The van der Waals surface area contributed by atoms with Gasteiger partial charge >= 0.3 is 0 Å². The van der Waals surface area contributed by atoms with Crippen LogP contribution in [0.1, 0.15) is 5.56 Å². The maximum Gasteiger partial charge on any atom is 0.230 e. The maximum absolute atomic E-state index is 12.0. The van der Waals surface area contributed by atoms with Crippen molar-refractivity contribution in [2.24, 2.45) is 0 Å². The summed E-state index contributed by atoms with van der Waals surface area (Å²) in [5.41, 5.74) is 1.67. The lowest BCUT2D eigenvalue weighted by Gasteiger charge is -2.08. The number of nitrogens with one attached hydrogen (secondary N) is 3. The number of ether oxygens (including phenoxy) is 1. The first-order valence-corrected chi connectivity index (χ1v) is 8.18. The van der Waals surface area contributed by atoms with Crippen LogP contribution in [0.5, 0.6) is 5.75 Å². The first-order valence-electron chi connectivity index (χ1n) is 7.20. The minimum Gasteiger partial charge on any atom is -0.496 e. The third kappa shape index (κ3) is 3.93. The molecule has 0 spiro atoms. The summed E-state index contributed by atoms with van der Waals surface area (Å²) in [4.78, 5) is 16.3. The molecular weight excluding hydrogens is 328 g/mol. The Morgan fingerprint density at radius 1 is 1.29 bits per heavy atom. The summed E-state index contributed by atoms with van der Waals surface area (Å²) in [6.07, 6.45) is 1.63. The van der Waals surface area contributed by atoms with Crippen molar-refractivity contribution < 1.29 is 9.53 Å². The molecule has 0 saturated heterocycles. The van der Waals surface area contributed by atoms with Gasteiger partial charge in [0.1, 0.15) is 11.4 Å². The molecular formula is C15H16N6O2S. The number of thioether (sulfide) groups is 1. The van der Waals surface area contributed by atoms with Crippen LogP contribution in [0.4, 0.5) is 0 Å². The summed E-state index contributed by atoms with van der Waals surface area (Å²) < 4.78 is 5.26. The Kier molecular flexibility index (Phi) is 5.12. The molecule has 0 aliphatic carbocycles. The van der Waals surface area contributed by atoms with Crippen molar-refractivity contribution in [3.05, 3.63) is 42.1 Å². The lowest BCUT2D eigenvalue weighted by molar-refractivity contribution is -0.118. The predicted molar refractivity (Wildman–Crippen MR) is 89.5 cm³/mol. The number of aromatic nitrogens is 5. The fourth-order valence-electron chi connectivity index (χ4n) is 2.04. The summed E-state index contributed by atoms with van der Waals surface area (Å²) in [5, 5.41) is 16.9. The second kappa shape index (κ2) is 7.64. The first kappa shape index (κ1) is 16.1. The van der Waals surface area contributed by atoms with E-state index in [9.17, 15) is 4.79 Å². The van der Waals surface area contributed by atoms with Gasteiger partial charge in [0.2, 0.25) is 11.1 Å². The normalized spacial score (nSPS) is 10.5. The topological polar surface area (TPSA) is 109 Å². The quantitative estimate of drug-likeness (QED) is 0.562. The van der Waals surface area contributed by atoms with Gasteiger partial charge in [-0.15, -0.1) is 5.10 Å². The van der Waals surface area contributed by atoms with E-state index in [0.29, 0.717) is 17.5 Å². The van der Waals surface area contributed by atoms with E-state index in [0.717, 1.165) is 17.0 Å². The van der Waals surface area contributed by atoms with Crippen molar-refractivity contribution >= 4 is 17.7 Å². The summed E-state index contributed by atoms with van der Waals surface area (Å²) >= 11 is 1.26. The molecule has 1 aromatic carbocycles. The molecule has 0 bridgehead atoms. The van der Waals surface area contributed by atoms with E-state index in [4.69, 9.17) is 4.74 Å². The fourth-order valence-corrected chi connectivity index (χ4v) is 2.67. The number of para-hydroxylation sites is 1.